The minimum atomic E-state index is -0.891. The molecule has 0 fully saturated rings. The average molecular weight is 258 g/mol. The minimum absolute atomic E-state index is 0.130. The maximum Gasteiger partial charge on any atom is 0.315 e. The van der Waals surface area contributed by atoms with Gasteiger partial charge in [-0.3, -0.25) is 14.4 Å². The normalized spacial score (nSPS) is 14.1. The third-order valence-electron chi connectivity index (χ3n) is 2.73. The van der Waals surface area contributed by atoms with E-state index < -0.39 is 24.0 Å². The molecule has 1 N–H and O–H groups in total. The molecule has 0 amide bonds. The molecule has 5 heteroatoms. The second kappa shape index (κ2) is 4.89. The lowest BCUT2D eigenvalue weighted by molar-refractivity contribution is -0.137. The van der Waals surface area contributed by atoms with Crippen LogP contribution in [0.4, 0.5) is 0 Å². The Morgan fingerprint density at radius 2 is 1.84 bits per heavy atom. The summed E-state index contributed by atoms with van der Waals surface area (Å²) in [5, 5.41) is 10.00. The van der Waals surface area contributed by atoms with Crippen molar-refractivity contribution in [2.75, 3.05) is 0 Å². The van der Waals surface area contributed by atoms with Crippen LogP contribution in [-0.2, 0) is 14.3 Å². The number of carbonyl (C=O) groups excluding carboxylic acids is 3. The van der Waals surface area contributed by atoms with Gasteiger partial charge in [0.1, 0.15) is 5.76 Å². The van der Waals surface area contributed by atoms with Gasteiger partial charge in [-0.2, -0.15) is 0 Å². The molecule has 1 aliphatic rings. The van der Waals surface area contributed by atoms with Gasteiger partial charge >= 0.3 is 5.97 Å². The molecule has 0 atom stereocenters. The number of aliphatic hydroxyl groups is 1. The number of ketones is 2. The number of ether oxygens (including phenoxy) is 1. The smallest absolute Gasteiger partial charge is 0.315 e. The fourth-order valence-corrected chi connectivity index (χ4v) is 1.86. The predicted octanol–water partition coefficient (Wildman–Crippen LogP) is 1.80. The number of benzene rings is 1. The van der Waals surface area contributed by atoms with Gasteiger partial charge in [0.25, 0.3) is 0 Å². The van der Waals surface area contributed by atoms with Crippen molar-refractivity contribution in [3.8, 4) is 0 Å². The summed E-state index contributed by atoms with van der Waals surface area (Å²) in [6, 6.07) is 6.17. The van der Waals surface area contributed by atoms with Crippen LogP contribution in [0.3, 0.4) is 0 Å². The first-order valence-corrected chi connectivity index (χ1v) is 5.47. The number of fused-ring (bicyclic) bond motifs is 1. The lowest BCUT2D eigenvalue weighted by atomic mass is 9.87. The molecule has 0 saturated carbocycles. The monoisotopic (exact) mass is 258 g/mol. The van der Waals surface area contributed by atoms with Gasteiger partial charge in [-0.25, -0.2) is 0 Å². The molecule has 0 saturated heterocycles. The van der Waals surface area contributed by atoms with Crippen LogP contribution in [0.2, 0.25) is 0 Å². The molecular weight excluding hydrogens is 248 g/mol. The third-order valence-corrected chi connectivity index (χ3v) is 2.73. The molecule has 0 aromatic heterocycles. The fraction of sp³-hybridized carbons (Fsp3) is 0.0714. The number of esters is 1. The van der Waals surface area contributed by atoms with E-state index in [1.165, 1.54) is 12.1 Å². The first kappa shape index (κ1) is 12.8. The van der Waals surface area contributed by atoms with Gasteiger partial charge in [0.15, 0.2) is 0 Å². The maximum absolute atomic E-state index is 11.8. The Hall–Kier alpha value is -2.69. The van der Waals surface area contributed by atoms with Crippen molar-refractivity contribution in [1.82, 2.24) is 0 Å². The molecule has 1 aromatic rings. The van der Waals surface area contributed by atoms with Crippen LogP contribution in [0.15, 0.2) is 42.7 Å². The molecule has 1 aliphatic carbocycles. The number of hydrogen-bond acceptors (Lipinski definition) is 5. The molecule has 0 bridgehead atoms. The summed E-state index contributed by atoms with van der Waals surface area (Å²) in [7, 11) is 0. The number of Topliss-reactive ketones (excluding diaryl/α,β-unsaturated/α-hetero) is 2. The van der Waals surface area contributed by atoms with Gasteiger partial charge in [0, 0.05) is 11.1 Å². The van der Waals surface area contributed by atoms with Gasteiger partial charge in [-0.15, -0.1) is 0 Å². The van der Waals surface area contributed by atoms with E-state index in [1.807, 2.05) is 0 Å². The molecule has 0 spiro atoms. The van der Waals surface area contributed by atoms with Crippen LogP contribution in [-0.4, -0.2) is 22.6 Å². The Labute approximate surface area is 108 Å². The second-order valence-electron chi connectivity index (χ2n) is 3.86. The highest BCUT2D eigenvalue weighted by Gasteiger charge is 2.33. The zero-order valence-electron chi connectivity index (χ0n) is 9.88. The zero-order valence-corrected chi connectivity index (χ0v) is 9.88. The van der Waals surface area contributed by atoms with Crippen LogP contribution in [0.5, 0.6) is 0 Å². The van der Waals surface area contributed by atoms with Crippen LogP contribution in [0.1, 0.15) is 22.3 Å². The fourth-order valence-electron chi connectivity index (χ4n) is 1.86. The first-order chi connectivity index (χ1) is 9.06. The Balaban J connectivity index is 2.48. The number of hydrogen-bond donors (Lipinski definition) is 1. The minimum Gasteiger partial charge on any atom is -0.507 e. The standard InChI is InChI=1S/C14H10O5/c1-2-19-11(15)7-10-12(16)8-5-3-4-6-9(8)13(17)14(10)18/h2-6,16H,1,7H2. The Kier molecular flexibility index (Phi) is 3.29. The van der Waals surface area contributed by atoms with Crippen molar-refractivity contribution in [3.63, 3.8) is 0 Å². The third kappa shape index (κ3) is 2.18. The lowest BCUT2D eigenvalue weighted by Gasteiger charge is -2.16. The van der Waals surface area contributed by atoms with Crippen LogP contribution in [0, 0.1) is 0 Å². The van der Waals surface area contributed by atoms with E-state index in [0.717, 1.165) is 6.26 Å². The second-order valence-corrected chi connectivity index (χ2v) is 3.86. The van der Waals surface area contributed by atoms with Crippen molar-refractivity contribution in [3.05, 3.63) is 53.8 Å². The van der Waals surface area contributed by atoms with Crippen molar-refractivity contribution in [2.24, 2.45) is 0 Å². The highest BCUT2D eigenvalue weighted by Crippen LogP contribution is 2.29. The van der Waals surface area contributed by atoms with Crippen molar-refractivity contribution in [2.45, 2.75) is 6.42 Å². The number of aliphatic hydroxyl groups excluding tert-OH is 1. The molecular formula is C14H10O5. The van der Waals surface area contributed by atoms with E-state index in [2.05, 4.69) is 11.3 Å². The summed E-state index contributed by atoms with van der Waals surface area (Å²) in [6.45, 7) is 3.21. The number of rotatable bonds is 3. The van der Waals surface area contributed by atoms with Gasteiger partial charge in [-0.05, 0) is 0 Å². The highest BCUT2D eigenvalue weighted by atomic mass is 16.5. The van der Waals surface area contributed by atoms with Crippen LogP contribution in [0.25, 0.3) is 5.76 Å². The molecule has 0 unspecified atom stereocenters. The Morgan fingerprint density at radius 1 is 1.21 bits per heavy atom. The maximum atomic E-state index is 11.8. The van der Waals surface area contributed by atoms with E-state index in [4.69, 9.17) is 0 Å². The molecule has 5 nitrogen and oxygen atoms in total. The van der Waals surface area contributed by atoms with E-state index in [1.54, 1.807) is 12.1 Å². The topological polar surface area (TPSA) is 80.7 Å². The van der Waals surface area contributed by atoms with E-state index in [0.29, 0.717) is 0 Å². The highest BCUT2D eigenvalue weighted by molar-refractivity contribution is 6.52. The number of carbonyl (C=O) groups is 3. The van der Waals surface area contributed by atoms with E-state index in [-0.39, 0.29) is 22.5 Å². The summed E-state index contributed by atoms with van der Waals surface area (Å²) in [6.07, 6.45) is 0.444. The molecule has 2 rings (SSSR count). The zero-order chi connectivity index (χ0) is 14.0. The van der Waals surface area contributed by atoms with Gasteiger partial charge in [0.05, 0.1) is 18.3 Å². The summed E-state index contributed by atoms with van der Waals surface area (Å²) in [4.78, 5) is 35.0. The van der Waals surface area contributed by atoms with Gasteiger partial charge < -0.3 is 9.84 Å². The van der Waals surface area contributed by atoms with Crippen LogP contribution < -0.4 is 0 Å². The average Bonchev–Trinajstić information content (AvgIpc) is 2.41. The quantitative estimate of drug-likeness (QED) is 0.508. The molecule has 1 aromatic carbocycles. The summed E-state index contributed by atoms with van der Waals surface area (Å²) >= 11 is 0. The van der Waals surface area contributed by atoms with Gasteiger partial charge in [0.2, 0.25) is 11.6 Å². The first-order valence-electron chi connectivity index (χ1n) is 5.47. The van der Waals surface area contributed by atoms with Crippen molar-refractivity contribution >= 4 is 23.3 Å². The Morgan fingerprint density at radius 3 is 2.47 bits per heavy atom. The Bertz CT molecular complexity index is 624. The van der Waals surface area contributed by atoms with Crippen LogP contribution >= 0.6 is 0 Å². The SMILES string of the molecule is C=COC(=O)CC1=C(O)c2ccccc2C(=O)C1=O. The van der Waals surface area contributed by atoms with Crippen molar-refractivity contribution in [1.29, 1.82) is 0 Å². The van der Waals surface area contributed by atoms with Gasteiger partial charge in [-0.1, -0.05) is 30.8 Å². The summed E-state index contributed by atoms with van der Waals surface area (Å²) in [5.41, 5.74) is 0.120. The summed E-state index contributed by atoms with van der Waals surface area (Å²) in [5.74, 6) is -2.76. The predicted molar refractivity (Wildman–Crippen MR) is 66.2 cm³/mol. The molecule has 19 heavy (non-hydrogen) atoms. The molecule has 0 heterocycles. The molecule has 0 aliphatic heterocycles. The van der Waals surface area contributed by atoms with Crippen molar-refractivity contribution < 1.29 is 24.2 Å². The van der Waals surface area contributed by atoms with E-state index in [9.17, 15) is 19.5 Å². The summed E-state index contributed by atoms with van der Waals surface area (Å²) < 4.78 is 4.48. The van der Waals surface area contributed by atoms with E-state index >= 15 is 0 Å². The largest absolute Gasteiger partial charge is 0.507 e. The lowest BCUT2D eigenvalue weighted by Crippen LogP contribution is -2.25. The molecule has 96 valence electrons. The molecule has 0 radical (unpaired) electrons.